The Labute approximate surface area is 306 Å². The third-order valence-electron chi connectivity index (χ3n) is 10.8. The predicted molar refractivity (Wildman–Crippen MR) is 200 cm³/mol. The van der Waals surface area contributed by atoms with Gasteiger partial charge in [-0.3, -0.25) is 4.98 Å². The smallest absolute Gasteiger partial charge is 0.245 e. The highest BCUT2D eigenvalue weighted by atomic mass is 32.2. The van der Waals surface area contributed by atoms with Crippen molar-refractivity contribution >= 4 is 26.6 Å². The Bertz CT molecular complexity index is 1890. The predicted octanol–water partition coefficient (Wildman–Crippen LogP) is 6.30. The Morgan fingerprint density at radius 3 is 2.60 bits per heavy atom. The molecule has 0 saturated heterocycles. The highest BCUT2D eigenvalue weighted by Crippen LogP contribution is 2.62. The average Bonchev–Trinajstić information content (AvgIpc) is 3.15. The lowest BCUT2D eigenvalue weighted by Crippen LogP contribution is -2.70. The number of unbranched alkanes of at least 4 members (excludes halogenated alkanes) is 2. The standard InChI is InChI=1S/C40H51N3O8S/c1-4-20-43(52(47,48)35-16-10-13-27-14-11-19-41-39(27)35)36-26-33(42-49-3)31-24-28(12-6-8-21-44)30(15-7-9-22-45)37-32-25-29(46)17-18-34(32)51-40(36,38(31)37)50-23-5-2/h5,10-11,13-14,16-19,24-25,28,30,36-38,44-46H,2,4,6-9,12,15,20-23,26H2,1,3H3/t28-,30+,36-,37+,38+,40+/m0/s1. The number of hydrogen-bond donors (Lipinski definition) is 3. The number of allylic oxidation sites excluding steroid dienone is 1. The first-order valence-corrected chi connectivity index (χ1v) is 19.9. The lowest BCUT2D eigenvalue weighted by Gasteiger charge is -2.59. The van der Waals surface area contributed by atoms with E-state index in [1.54, 1.807) is 48.7 Å². The van der Waals surface area contributed by atoms with Gasteiger partial charge in [0.25, 0.3) is 0 Å². The van der Waals surface area contributed by atoms with Crippen molar-refractivity contribution in [2.45, 2.75) is 80.9 Å². The van der Waals surface area contributed by atoms with E-state index in [0.717, 1.165) is 36.8 Å². The first kappa shape index (κ1) is 37.9. The third-order valence-corrected chi connectivity index (χ3v) is 12.8. The van der Waals surface area contributed by atoms with Crippen LogP contribution in [0.15, 0.2) is 89.1 Å². The second-order valence-corrected chi connectivity index (χ2v) is 15.8. The Balaban J connectivity index is 1.62. The van der Waals surface area contributed by atoms with Gasteiger partial charge in [0.2, 0.25) is 15.8 Å². The van der Waals surface area contributed by atoms with Crippen molar-refractivity contribution in [3.63, 3.8) is 0 Å². The Hall–Kier alpha value is -3.81. The fourth-order valence-corrected chi connectivity index (χ4v) is 10.7. The molecule has 2 heterocycles. The lowest BCUT2D eigenvalue weighted by molar-refractivity contribution is -0.251. The second-order valence-electron chi connectivity index (χ2n) is 13.9. The summed E-state index contributed by atoms with van der Waals surface area (Å²) in [7, 11) is -2.74. The van der Waals surface area contributed by atoms with Gasteiger partial charge < -0.3 is 29.6 Å². The normalized spacial score (nSPS) is 26.1. The van der Waals surface area contributed by atoms with Crippen LogP contribution in [0.4, 0.5) is 0 Å². The van der Waals surface area contributed by atoms with E-state index in [4.69, 9.17) is 14.3 Å². The van der Waals surface area contributed by atoms with Crippen LogP contribution in [0.3, 0.4) is 0 Å². The molecule has 2 aromatic carbocycles. The van der Waals surface area contributed by atoms with Crippen LogP contribution in [0.5, 0.6) is 11.5 Å². The van der Waals surface area contributed by atoms with Gasteiger partial charge in [-0.1, -0.05) is 55.3 Å². The maximum atomic E-state index is 15.2. The van der Waals surface area contributed by atoms with Gasteiger partial charge in [0.1, 0.15) is 23.5 Å². The molecule has 280 valence electrons. The largest absolute Gasteiger partial charge is 0.508 e. The molecule has 1 saturated carbocycles. The van der Waals surface area contributed by atoms with Gasteiger partial charge in [-0.25, -0.2) is 8.42 Å². The summed E-state index contributed by atoms with van der Waals surface area (Å²) in [5, 5.41) is 35.6. The SMILES string of the molecule is C=CCO[C@@]12Oc3ccc(O)cc3[C@H]3[C@H](CCCCO)[C@@H](CCCCO)C=C(C(=NOC)C[C@@H]1N(CCC)S(=O)(=O)c1cccc4cccnc14)[C@H]32. The molecule has 0 spiro atoms. The van der Waals surface area contributed by atoms with E-state index < -0.39 is 27.8 Å². The summed E-state index contributed by atoms with van der Waals surface area (Å²) in [6.45, 7) is 6.32. The van der Waals surface area contributed by atoms with Crippen LogP contribution in [-0.2, 0) is 19.6 Å². The number of aliphatic hydroxyl groups is 2. The third kappa shape index (κ3) is 6.99. The number of oxime groups is 1. The monoisotopic (exact) mass is 733 g/mol. The first-order valence-electron chi connectivity index (χ1n) is 18.4. The second kappa shape index (κ2) is 16.5. The summed E-state index contributed by atoms with van der Waals surface area (Å²) in [5.74, 6) is -1.69. The summed E-state index contributed by atoms with van der Waals surface area (Å²) in [6, 6.07) is 13.0. The van der Waals surface area contributed by atoms with E-state index >= 15 is 8.42 Å². The Kier molecular flexibility index (Phi) is 12.0. The number of benzene rings is 2. The molecule has 0 radical (unpaired) electrons. The number of rotatable bonds is 17. The molecule has 0 amide bonds. The number of ether oxygens (including phenoxy) is 2. The molecular weight excluding hydrogens is 683 g/mol. The fraction of sp³-hybridized carbons (Fsp3) is 0.500. The fourth-order valence-electron chi connectivity index (χ4n) is 8.82. The van der Waals surface area contributed by atoms with Crippen molar-refractivity contribution in [2.75, 3.05) is 33.5 Å². The molecule has 0 bridgehead atoms. The molecule has 11 nitrogen and oxygen atoms in total. The van der Waals surface area contributed by atoms with Crippen molar-refractivity contribution in [1.82, 2.24) is 9.29 Å². The molecule has 1 fully saturated rings. The number of aromatic nitrogens is 1. The van der Waals surface area contributed by atoms with Gasteiger partial charge in [0.15, 0.2) is 0 Å². The molecule has 1 aliphatic heterocycles. The quantitative estimate of drug-likeness (QED) is 0.0825. The van der Waals surface area contributed by atoms with Crippen LogP contribution in [0.1, 0.15) is 69.8 Å². The highest BCUT2D eigenvalue weighted by Gasteiger charge is 2.66. The molecule has 3 N–H and O–H groups in total. The molecule has 3 aromatic rings. The number of fused-ring (bicyclic) bond motifs is 3. The summed E-state index contributed by atoms with van der Waals surface area (Å²) in [6.07, 6.45) is 10.6. The van der Waals surface area contributed by atoms with Crippen LogP contribution in [0.2, 0.25) is 0 Å². The minimum absolute atomic E-state index is 0.0104. The summed E-state index contributed by atoms with van der Waals surface area (Å²) >= 11 is 0. The Morgan fingerprint density at radius 2 is 1.87 bits per heavy atom. The molecule has 3 aliphatic rings. The summed E-state index contributed by atoms with van der Waals surface area (Å²) < 4.78 is 45.8. The van der Waals surface area contributed by atoms with E-state index in [2.05, 4.69) is 22.8 Å². The molecule has 6 rings (SSSR count). The first-order chi connectivity index (χ1) is 25.2. The van der Waals surface area contributed by atoms with E-state index in [0.29, 0.717) is 41.6 Å². The van der Waals surface area contributed by atoms with Crippen LogP contribution in [0.25, 0.3) is 10.9 Å². The molecule has 12 heteroatoms. The zero-order chi connectivity index (χ0) is 36.9. The average molecular weight is 734 g/mol. The summed E-state index contributed by atoms with van der Waals surface area (Å²) in [5.41, 5.74) is 2.68. The zero-order valence-corrected chi connectivity index (χ0v) is 30.9. The number of nitrogens with zero attached hydrogens (tertiary/aromatic N) is 3. The minimum atomic E-state index is -4.23. The van der Waals surface area contributed by atoms with Crippen LogP contribution in [-0.4, -0.2) is 84.0 Å². The van der Waals surface area contributed by atoms with Gasteiger partial charge in [0.05, 0.1) is 29.8 Å². The van der Waals surface area contributed by atoms with Crippen LogP contribution in [0, 0.1) is 17.8 Å². The maximum Gasteiger partial charge on any atom is 0.245 e. The van der Waals surface area contributed by atoms with Crippen LogP contribution < -0.4 is 4.74 Å². The number of hydrogen-bond acceptors (Lipinski definition) is 10. The molecular formula is C40H51N3O8S. The lowest BCUT2D eigenvalue weighted by atomic mass is 9.55. The number of phenolic OH excluding ortho intramolecular Hbond substituents is 1. The number of phenols is 1. The number of para-hydroxylation sites is 1. The van der Waals surface area contributed by atoms with Gasteiger partial charge in [-0.05, 0) is 79.8 Å². The van der Waals surface area contributed by atoms with Gasteiger partial charge >= 0.3 is 0 Å². The van der Waals surface area contributed by atoms with Gasteiger partial charge in [-0.2, -0.15) is 4.31 Å². The minimum Gasteiger partial charge on any atom is -0.508 e. The molecule has 2 aliphatic carbocycles. The topological polar surface area (TPSA) is 151 Å². The molecule has 6 atom stereocenters. The maximum absolute atomic E-state index is 15.2. The van der Waals surface area contributed by atoms with E-state index in [9.17, 15) is 15.3 Å². The number of pyridine rings is 1. The van der Waals surface area contributed by atoms with E-state index in [1.165, 1.54) is 11.4 Å². The van der Waals surface area contributed by atoms with Crippen LogP contribution >= 0.6 is 0 Å². The van der Waals surface area contributed by atoms with Gasteiger partial charge in [-0.15, -0.1) is 6.58 Å². The van der Waals surface area contributed by atoms with E-state index in [-0.39, 0.29) is 61.2 Å². The Morgan fingerprint density at radius 1 is 1.10 bits per heavy atom. The van der Waals surface area contributed by atoms with Gasteiger partial charge in [0, 0.05) is 49.2 Å². The molecule has 0 unspecified atom stereocenters. The van der Waals surface area contributed by atoms with Crippen molar-refractivity contribution in [3.8, 4) is 11.5 Å². The highest BCUT2D eigenvalue weighted by molar-refractivity contribution is 7.89. The zero-order valence-electron chi connectivity index (χ0n) is 30.1. The summed E-state index contributed by atoms with van der Waals surface area (Å²) in [4.78, 5) is 10.1. The molecule has 1 aromatic heterocycles. The number of aromatic hydroxyl groups is 1. The van der Waals surface area contributed by atoms with Crippen molar-refractivity contribution < 1.29 is 38.0 Å². The van der Waals surface area contributed by atoms with Crippen molar-refractivity contribution in [3.05, 3.63) is 84.6 Å². The van der Waals surface area contributed by atoms with E-state index in [1.807, 2.05) is 19.1 Å². The number of sulfonamides is 1. The number of aliphatic hydroxyl groups excluding tert-OH is 2. The van der Waals surface area contributed by atoms with Crippen molar-refractivity contribution in [2.24, 2.45) is 22.9 Å². The van der Waals surface area contributed by atoms with Crippen molar-refractivity contribution in [1.29, 1.82) is 0 Å². The molecule has 52 heavy (non-hydrogen) atoms.